The van der Waals surface area contributed by atoms with Crippen LogP contribution in [0.25, 0.3) is 0 Å². The predicted octanol–water partition coefficient (Wildman–Crippen LogP) is 3.13. The monoisotopic (exact) mass is 353 g/mol. The molecule has 1 atom stereocenters. The summed E-state index contributed by atoms with van der Waals surface area (Å²) >= 11 is 0. The van der Waals surface area contributed by atoms with Gasteiger partial charge in [0, 0.05) is 10.7 Å². The first-order valence-electron chi connectivity index (χ1n) is 6.13. The van der Waals surface area contributed by atoms with Crippen LogP contribution in [0.5, 0.6) is 0 Å². The van der Waals surface area contributed by atoms with Crippen LogP contribution in [0.2, 0.25) is 0 Å². The Hall–Kier alpha value is -0.700. The number of rotatable bonds is 5. The molecule has 1 amide bonds. The first kappa shape index (κ1) is 20.3. The van der Waals surface area contributed by atoms with E-state index in [0.29, 0.717) is 4.90 Å². The molecule has 0 aromatic carbocycles. The summed E-state index contributed by atoms with van der Waals surface area (Å²) < 4.78 is 64.8. The number of nitrogens with zero attached hydrogens (tertiary/aromatic N) is 1. The molecule has 0 aliphatic carbocycles. The second-order valence-corrected chi connectivity index (χ2v) is 8.31. The summed E-state index contributed by atoms with van der Waals surface area (Å²) in [6.45, 7) is 4.34. The summed E-state index contributed by atoms with van der Waals surface area (Å²) in [6.07, 6.45) is -5.92. The molecule has 21 heavy (non-hydrogen) atoms. The Morgan fingerprint density at radius 3 is 2.05 bits per heavy atom. The van der Waals surface area contributed by atoms with Crippen LogP contribution in [0, 0.1) is 0 Å². The highest BCUT2D eigenvalue weighted by molar-refractivity contribution is 8.13. The summed E-state index contributed by atoms with van der Waals surface area (Å²) in [5, 5.41) is 0. The fourth-order valence-electron chi connectivity index (χ4n) is 1.51. The normalized spacial score (nSPS) is 14.7. The van der Waals surface area contributed by atoms with Crippen molar-refractivity contribution in [1.29, 1.82) is 0 Å². The van der Waals surface area contributed by atoms with Crippen molar-refractivity contribution in [3.05, 3.63) is 0 Å². The molecule has 0 aliphatic heterocycles. The van der Waals surface area contributed by atoms with E-state index >= 15 is 0 Å². The second kappa shape index (κ2) is 7.04. The third kappa shape index (κ3) is 9.78. The van der Waals surface area contributed by atoms with Crippen molar-refractivity contribution in [3.63, 3.8) is 0 Å². The molecule has 0 aromatic heterocycles. The largest absolute Gasteiger partial charge is 0.444 e. The number of halogens is 4. The number of hydrogen-bond acceptors (Lipinski definition) is 4. The Labute approximate surface area is 126 Å². The summed E-state index contributed by atoms with van der Waals surface area (Å²) in [5.74, 6) is -0.777. The average molecular weight is 354 g/mol. The molecule has 1 unspecified atom stereocenters. The van der Waals surface area contributed by atoms with Crippen molar-refractivity contribution in [1.82, 2.24) is 4.90 Å². The molecule has 0 aliphatic rings. The van der Waals surface area contributed by atoms with Crippen molar-refractivity contribution < 1.29 is 31.1 Å². The van der Waals surface area contributed by atoms with E-state index in [-0.39, 0.29) is 6.42 Å². The lowest BCUT2D eigenvalue weighted by Crippen LogP contribution is -2.49. The van der Waals surface area contributed by atoms with Gasteiger partial charge in [-0.2, -0.15) is 13.2 Å². The molecule has 0 bridgehead atoms. The van der Waals surface area contributed by atoms with Gasteiger partial charge in [-0.05, 0) is 27.2 Å². The van der Waals surface area contributed by atoms with Crippen molar-refractivity contribution >= 4 is 25.8 Å². The highest BCUT2D eigenvalue weighted by Crippen LogP contribution is 2.22. The van der Waals surface area contributed by atoms with Crippen molar-refractivity contribution in [2.24, 2.45) is 0 Å². The smallest absolute Gasteiger partial charge is 0.410 e. The molecule has 0 spiro atoms. The van der Waals surface area contributed by atoms with Gasteiger partial charge in [-0.1, -0.05) is 6.92 Å². The molecule has 0 N–H and O–H groups in total. The van der Waals surface area contributed by atoms with E-state index in [1.54, 1.807) is 0 Å². The van der Waals surface area contributed by atoms with Gasteiger partial charge in [0.15, 0.2) is 0 Å². The minimum atomic E-state index is -4.68. The van der Waals surface area contributed by atoms with Crippen molar-refractivity contribution in [2.75, 3.05) is 12.3 Å². The summed E-state index contributed by atoms with van der Waals surface area (Å²) in [5.41, 5.74) is -1.00. The first-order chi connectivity index (χ1) is 9.14. The molecule has 0 rings (SSSR count). The quantitative estimate of drug-likeness (QED) is 0.712. The van der Waals surface area contributed by atoms with Crippen LogP contribution in [0.15, 0.2) is 0 Å². The molecule has 126 valence electrons. The molecule has 0 radical (unpaired) electrons. The zero-order valence-corrected chi connectivity index (χ0v) is 13.8. The van der Waals surface area contributed by atoms with Crippen LogP contribution >= 0.6 is 10.7 Å². The number of carbonyl (C=O) groups excluding carboxylic acids is 1. The Balaban J connectivity index is 5.33. The fraction of sp³-hybridized carbons (Fsp3) is 0.909. The number of ether oxygens (including phenoxy) is 1. The lowest BCUT2D eigenvalue weighted by molar-refractivity contribution is -0.148. The maximum atomic E-state index is 12.6. The molecule has 0 saturated heterocycles. The van der Waals surface area contributed by atoms with Crippen LogP contribution < -0.4 is 0 Å². The Morgan fingerprint density at radius 2 is 1.76 bits per heavy atom. The minimum absolute atomic E-state index is 0.0126. The minimum Gasteiger partial charge on any atom is -0.444 e. The van der Waals surface area contributed by atoms with Gasteiger partial charge in [-0.25, -0.2) is 13.2 Å². The van der Waals surface area contributed by atoms with E-state index in [0.717, 1.165) is 0 Å². The lowest BCUT2D eigenvalue weighted by atomic mass is 10.2. The molecule has 0 aromatic rings. The third-order valence-electron chi connectivity index (χ3n) is 2.28. The van der Waals surface area contributed by atoms with Crippen LogP contribution in [0.3, 0.4) is 0 Å². The average Bonchev–Trinajstić information content (AvgIpc) is 2.17. The molecule has 0 saturated carbocycles. The number of amides is 1. The zero-order valence-electron chi connectivity index (χ0n) is 12.2. The van der Waals surface area contributed by atoms with Gasteiger partial charge in [0.25, 0.3) is 0 Å². The van der Waals surface area contributed by atoms with E-state index in [9.17, 15) is 26.4 Å². The summed E-state index contributed by atoms with van der Waals surface area (Å²) in [6, 6.07) is -1.22. The zero-order chi connectivity index (χ0) is 17.1. The standard InChI is InChI=1S/C11H19ClF3NO4S/c1-5-8(6-21(12,18)19)16(7-11(13,14)15)9(17)20-10(2,3)4/h8H,5-7H2,1-4H3. The second-order valence-electron chi connectivity index (χ2n) is 5.49. The number of alkyl halides is 3. The summed E-state index contributed by atoms with van der Waals surface area (Å²) in [4.78, 5) is 12.2. The molecule has 0 fully saturated rings. The van der Waals surface area contributed by atoms with Gasteiger partial charge in [0.1, 0.15) is 12.1 Å². The molecular weight excluding hydrogens is 335 g/mol. The Bertz CT molecular complexity index is 459. The first-order valence-corrected chi connectivity index (χ1v) is 8.61. The van der Waals surface area contributed by atoms with Crippen LogP contribution in [0.1, 0.15) is 34.1 Å². The van der Waals surface area contributed by atoms with Gasteiger partial charge in [0.2, 0.25) is 9.05 Å². The Morgan fingerprint density at radius 1 is 1.29 bits per heavy atom. The fourth-order valence-corrected chi connectivity index (χ4v) is 2.83. The SMILES string of the molecule is CCC(CS(=O)(=O)Cl)N(CC(F)(F)F)C(=O)OC(C)(C)C. The Kier molecular flexibility index (Phi) is 6.81. The molecule has 0 heterocycles. The van der Waals surface area contributed by atoms with Crippen molar-refractivity contribution in [2.45, 2.75) is 51.9 Å². The van der Waals surface area contributed by atoms with Crippen LogP contribution in [0.4, 0.5) is 18.0 Å². The maximum absolute atomic E-state index is 12.6. The van der Waals surface area contributed by atoms with Gasteiger partial charge in [-0.15, -0.1) is 0 Å². The third-order valence-corrected chi connectivity index (χ3v) is 3.44. The molecule has 5 nitrogen and oxygen atoms in total. The maximum Gasteiger partial charge on any atom is 0.410 e. The van der Waals surface area contributed by atoms with E-state index in [4.69, 9.17) is 15.4 Å². The highest BCUT2D eigenvalue weighted by Gasteiger charge is 2.39. The van der Waals surface area contributed by atoms with E-state index in [2.05, 4.69) is 0 Å². The molecular formula is C11H19ClF3NO4S. The van der Waals surface area contributed by atoms with Crippen molar-refractivity contribution in [3.8, 4) is 0 Å². The lowest BCUT2D eigenvalue weighted by Gasteiger charge is -2.33. The van der Waals surface area contributed by atoms with Crippen LogP contribution in [-0.4, -0.2) is 49.5 Å². The van der Waals surface area contributed by atoms with E-state index in [1.165, 1.54) is 27.7 Å². The number of hydrogen-bond donors (Lipinski definition) is 0. The van der Waals surface area contributed by atoms with E-state index in [1.807, 2.05) is 0 Å². The van der Waals surface area contributed by atoms with Crippen LogP contribution in [-0.2, 0) is 13.8 Å². The van der Waals surface area contributed by atoms with E-state index < -0.39 is 45.3 Å². The van der Waals surface area contributed by atoms with Gasteiger partial charge in [0.05, 0.1) is 11.8 Å². The van der Waals surface area contributed by atoms with Gasteiger partial charge in [-0.3, -0.25) is 4.90 Å². The highest BCUT2D eigenvalue weighted by atomic mass is 35.7. The topological polar surface area (TPSA) is 63.7 Å². The van der Waals surface area contributed by atoms with Gasteiger partial charge < -0.3 is 4.74 Å². The predicted molar refractivity (Wildman–Crippen MR) is 72.7 cm³/mol. The molecule has 10 heteroatoms. The van der Waals surface area contributed by atoms with Gasteiger partial charge >= 0.3 is 12.3 Å². The summed E-state index contributed by atoms with van der Waals surface area (Å²) in [7, 11) is 1.01. The number of carbonyl (C=O) groups is 1.